The summed E-state index contributed by atoms with van der Waals surface area (Å²) in [5, 5.41) is 0. The summed E-state index contributed by atoms with van der Waals surface area (Å²) in [6.07, 6.45) is 1.64. The molecule has 7 heteroatoms. The number of hydrogen-bond donors (Lipinski definition) is 0. The molecule has 0 unspecified atom stereocenters. The number of Topliss-reactive ketones (excluding diaryl/α,β-unsaturated/α-hetero) is 1. The Hall–Kier alpha value is -3.48. The van der Waals surface area contributed by atoms with Gasteiger partial charge in [-0.2, -0.15) is 0 Å². The van der Waals surface area contributed by atoms with Crippen molar-refractivity contribution in [3.8, 4) is 23.0 Å². The van der Waals surface area contributed by atoms with Gasteiger partial charge in [-0.25, -0.2) is 4.79 Å². The first-order valence-corrected chi connectivity index (χ1v) is 7.81. The highest BCUT2D eigenvalue weighted by Crippen LogP contribution is 2.36. The van der Waals surface area contributed by atoms with Crippen molar-refractivity contribution >= 4 is 17.8 Å². The van der Waals surface area contributed by atoms with Crippen molar-refractivity contribution < 1.29 is 33.3 Å². The first-order chi connectivity index (χ1) is 12.6. The van der Waals surface area contributed by atoms with Gasteiger partial charge < -0.3 is 23.7 Å². The Morgan fingerprint density at radius 3 is 2.81 bits per heavy atom. The second kappa shape index (κ2) is 6.44. The van der Waals surface area contributed by atoms with E-state index in [1.54, 1.807) is 36.4 Å². The number of carbonyl (C=O) groups excluding carboxylic acids is 2. The maximum absolute atomic E-state index is 12.5. The molecule has 2 aromatic carbocycles. The van der Waals surface area contributed by atoms with E-state index in [1.165, 1.54) is 7.11 Å². The average molecular weight is 354 g/mol. The number of methoxy groups -OCH3 is 1. The maximum atomic E-state index is 12.5. The molecule has 0 radical (unpaired) electrons. The van der Waals surface area contributed by atoms with Crippen LogP contribution in [0.3, 0.4) is 0 Å². The number of allylic oxidation sites excluding steroid dienone is 1. The summed E-state index contributed by atoms with van der Waals surface area (Å²) < 4.78 is 26.1. The predicted octanol–water partition coefficient (Wildman–Crippen LogP) is 2.58. The van der Waals surface area contributed by atoms with Crippen molar-refractivity contribution in [2.75, 3.05) is 20.5 Å². The molecule has 7 nitrogen and oxygen atoms in total. The smallest absolute Gasteiger partial charge is 0.343 e. The predicted molar refractivity (Wildman–Crippen MR) is 89.5 cm³/mol. The van der Waals surface area contributed by atoms with Crippen LogP contribution in [-0.4, -0.2) is 32.3 Å². The number of rotatable bonds is 4. The minimum absolute atomic E-state index is 0.185. The van der Waals surface area contributed by atoms with Crippen molar-refractivity contribution in [1.82, 2.24) is 0 Å². The van der Waals surface area contributed by atoms with Gasteiger partial charge in [-0.1, -0.05) is 6.07 Å². The third-order valence-electron chi connectivity index (χ3n) is 3.92. The Bertz CT molecular complexity index is 929. The molecule has 0 aliphatic carbocycles. The zero-order chi connectivity index (χ0) is 18.1. The molecule has 0 spiro atoms. The van der Waals surface area contributed by atoms with E-state index in [0.717, 1.165) is 5.56 Å². The molecule has 2 aliphatic rings. The van der Waals surface area contributed by atoms with Crippen molar-refractivity contribution in [3.05, 3.63) is 53.3 Å². The van der Waals surface area contributed by atoms with Gasteiger partial charge in [0.2, 0.25) is 12.6 Å². The normalized spacial score (nSPS) is 15.6. The summed E-state index contributed by atoms with van der Waals surface area (Å²) in [5.41, 5.74) is 1.19. The van der Waals surface area contributed by atoms with Crippen LogP contribution in [0.2, 0.25) is 0 Å². The summed E-state index contributed by atoms with van der Waals surface area (Å²) >= 11 is 0. The third-order valence-corrected chi connectivity index (χ3v) is 3.92. The fourth-order valence-electron chi connectivity index (χ4n) is 2.61. The van der Waals surface area contributed by atoms with Crippen LogP contribution in [0.1, 0.15) is 15.9 Å². The molecule has 0 aromatic heterocycles. The van der Waals surface area contributed by atoms with Gasteiger partial charge in [-0.05, 0) is 35.9 Å². The number of ether oxygens (including phenoxy) is 5. The fraction of sp³-hybridized carbons (Fsp3) is 0.158. The molecule has 132 valence electrons. The van der Waals surface area contributed by atoms with Crippen molar-refractivity contribution in [3.63, 3.8) is 0 Å². The van der Waals surface area contributed by atoms with Gasteiger partial charge in [0.05, 0.1) is 12.7 Å². The van der Waals surface area contributed by atoms with Crippen LogP contribution in [0.25, 0.3) is 6.08 Å². The van der Waals surface area contributed by atoms with E-state index in [2.05, 4.69) is 4.74 Å². The molecule has 0 atom stereocenters. The zero-order valence-corrected chi connectivity index (χ0v) is 13.8. The van der Waals surface area contributed by atoms with Gasteiger partial charge >= 0.3 is 5.97 Å². The lowest BCUT2D eigenvalue weighted by molar-refractivity contribution is -0.142. The highest BCUT2D eigenvalue weighted by atomic mass is 16.7. The van der Waals surface area contributed by atoms with Crippen LogP contribution in [0.15, 0.2) is 42.2 Å². The highest BCUT2D eigenvalue weighted by molar-refractivity contribution is 6.14. The minimum atomic E-state index is -0.495. The molecular weight excluding hydrogens is 340 g/mol. The van der Waals surface area contributed by atoms with E-state index in [4.69, 9.17) is 18.9 Å². The first-order valence-electron chi connectivity index (χ1n) is 7.81. The zero-order valence-electron chi connectivity index (χ0n) is 13.8. The summed E-state index contributed by atoms with van der Waals surface area (Å²) in [6.45, 7) is -0.0340. The molecule has 0 saturated carbocycles. The van der Waals surface area contributed by atoms with Gasteiger partial charge in [-0.3, -0.25) is 4.79 Å². The molecule has 0 bridgehead atoms. The monoisotopic (exact) mass is 354 g/mol. The van der Waals surface area contributed by atoms with Gasteiger partial charge in [0, 0.05) is 6.07 Å². The lowest BCUT2D eigenvalue weighted by Gasteiger charge is -2.05. The second-order valence-electron chi connectivity index (χ2n) is 5.58. The van der Waals surface area contributed by atoms with Gasteiger partial charge in [0.15, 0.2) is 23.9 Å². The van der Waals surface area contributed by atoms with Crippen LogP contribution in [-0.2, 0) is 9.53 Å². The van der Waals surface area contributed by atoms with E-state index in [-0.39, 0.29) is 24.9 Å². The van der Waals surface area contributed by atoms with Crippen molar-refractivity contribution in [2.45, 2.75) is 0 Å². The van der Waals surface area contributed by atoms with E-state index < -0.39 is 5.97 Å². The number of esters is 1. The number of ketones is 1. The van der Waals surface area contributed by atoms with Crippen LogP contribution >= 0.6 is 0 Å². The Kier molecular flexibility index (Phi) is 3.96. The molecule has 0 fully saturated rings. The lowest BCUT2D eigenvalue weighted by atomic mass is 10.1. The molecule has 2 aliphatic heterocycles. The molecule has 0 amide bonds. The molecule has 26 heavy (non-hydrogen) atoms. The number of hydrogen-bond acceptors (Lipinski definition) is 7. The van der Waals surface area contributed by atoms with Crippen LogP contribution < -0.4 is 18.9 Å². The number of fused-ring (bicyclic) bond motifs is 2. The highest BCUT2D eigenvalue weighted by Gasteiger charge is 2.28. The van der Waals surface area contributed by atoms with E-state index in [1.807, 2.05) is 6.07 Å². The fourth-order valence-corrected chi connectivity index (χ4v) is 2.61. The van der Waals surface area contributed by atoms with E-state index in [0.29, 0.717) is 28.6 Å². The van der Waals surface area contributed by atoms with Crippen LogP contribution in [0.5, 0.6) is 23.0 Å². The minimum Gasteiger partial charge on any atom is -0.482 e. The largest absolute Gasteiger partial charge is 0.482 e. The molecule has 0 N–H and O–H groups in total. The van der Waals surface area contributed by atoms with Crippen molar-refractivity contribution in [2.24, 2.45) is 0 Å². The van der Waals surface area contributed by atoms with Crippen LogP contribution in [0, 0.1) is 0 Å². The summed E-state index contributed by atoms with van der Waals surface area (Å²) in [7, 11) is 1.28. The molecule has 4 rings (SSSR count). The quantitative estimate of drug-likeness (QED) is 0.617. The lowest BCUT2D eigenvalue weighted by Crippen LogP contribution is -2.12. The van der Waals surface area contributed by atoms with Crippen LogP contribution in [0.4, 0.5) is 0 Å². The number of carbonyl (C=O) groups is 2. The molecule has 2 aromatic rings. The number of benzene rings is 2. The van der Waals surface area contributed by atoms with E-state index in [9.17, 15) is 9.59 Å². The van der Waals surface area contributed by atoms with E-state index >= 15 is 0 Å². The Morgan fingerprint density at radius 1 is 1.12 bits per heavy atom. The summed E-state index contributed by atoms with van der Waals surface area (Å²) in [6, 6.07) is 10.1. The van der Waals surface area contributed by atoms with Gasteiger partial charge in [-0.15, -0.1) is 0 Å². The van der Waals surface area contributed by atoms with Gasteiger partial charge in [0.25, 0.3) is 0 Å². The molecule has 0 saturated heterocycles. The molecular formula is C19H14O7. The third kappa shape index (κ3) is 2.95. The summed E-state index contributed by atoms with van der Waals surface area (Å²) in [4.78, 5) is 23.6. The Balaban J connectivity index is 1.54. The maximum Gasteiger partial charge on any atom is 0.343 e. The SMILES string of the molecule is COC(=O)COc1ccc2c(c1)O/C(=C\c1ccc3c(c1)OCO3)C2=O. The standard InChI is InChI=1S/C19H14O7/c1-22-18(20)9-23-12-3-4-13-15(8-12)26-17(19(13)21)7-11-2-5-14-16(6-11)25-10-24-14/h2-8H,9-10H2,1H3/b17-7-. The average Bonchev–Trinajstić information content (AvgIpc) is 3.24. The summed E-state index contributed by atoms with van der Waals surface area (Å²) in [5.74, 6) is 1.56. The van der Waals surface area contributed by atoms with Crippen molar-refractivity contribution in [1.29, 1.82) is 0 Å². The second-order valence-corrected chi connectivity index (χ2v) is 5.58. The first kappa shape index (κ1) is 16.0. The van der Waals surface area contributed by atoms with Gasteiger partial charge in [0.1, 0.15) is 11.5 Å². The Labute approximate surface area is 148 Å². The topological polar surface area (TPSA) is 80.3 Å². The Morgan fingerprint density at radius 2 is 1.96 bits per heavy atom. The molecule has 2 heterocycles.